The first-order valence-corrected chi connectivity index (χ1v) is 6.35. The Kier molecular flexibility index (Phi) is 4.09. The molecule has 5 heteroatoms. The van der Waals surface area contributed by atoms with Crippen molar-refractivity contribution in [3.8, 4) is 5.75 Å². The van der Waals surface area contributed by atoms with Crippen molar-refractivity contribution in [2.45, 2.75) is 6.61 Å². The van der Waals surface area contributed by atoms with E-state index >= 15 is 0 Å². The summed E-state index contributed by atoms with van der Waals surface area (Å²) in [4.78, 5) is 0. The van der Waals surface area contributed by atoms with Gasteiger partial charge in [0.2, 0.25) is 0 Å². The Hall–Kier alpha value is -1.26. The lowest BCUT2D eigenvalue weighted by Crippen LogP contribution is -1.99. The summed E-state index contributed by atoms with van der Waals surface area (Å²) in [5, 5.41) is 0.250. The quantitative estimate of drug-likeness (QED) is 0.846. The predicted molar refractivity (Wildman–Crippen MR) is 74.3 cm³/mol. The number of benzene rings is 2. The second-order valence-corrected chi connectivity index (χ2v) is 4.96. The van der Waals surface area contributed by atoms with Gasteiger partial charge in [0.1, 0.15) is 6.61 Å². The minimum absolute atomic E-state index is 0.0562. The van der Waals surface area contributed by atoms with Gasteiger partial charge in [0, 0.05) is 10.2 Å². The lowest BCUT2D eigenvalue weighted by molar-refractivity contribution is 0.290. The van der Waals surface area contributed by atoms with Gasteiger partial charge in [0.05, 0.1) is 5.02 Å². The molecule has 2 rings (SSSR count). The van der Waals surface area contributed by atoms with Crippen LogP contribution in [0.3, 0.4) is 0 Å². The fourth-order valence-corrected chi connectivity index (χ4v) is 1.92. The molecule has 0 spiro atoms. The van der Waals surface area contributed by atoms with E-state index in [2.05, 4.69) is 15.9 Å². The van der Waals surface area contributed by atoms with Gasteiger partial charge in [-0.25, -0.2) is 4.39 Å². The van der Waals surface area contributed by atoms with Gasteiger partial charge in [-0.2, -0.15) is 0 Å². The molecule has 0 heterocycles. The summed E-state index contributed by atoms with van der Waals surface area (Å²) in [6.07, 6.45) is 0. The van der Waals surface area contributed by atoms with Crippen molar-refractivity contribution in [1.82, 2.24) is 0 Å². The fraction of sp³-hybridized carbons (Fsp3) is 0.0769. The molecule has 0 saturated heterocycles. The fourth-order valence-electron chi connectivity index (χ4n) is 1.46. The van der Waals surface area contributed by atoms with Crippen LogP contribution in [0, 0.1) is 5.82 Å². The topological polar surface area (TPSA) is 35.2 Å². The highest BCUT2D eigenvalue weighted by Gasteiger charge is 2.08. The maximum Gasteiger partial charge on any atom is 0.174 e. The van der Waals surface area contributed by atoms with Gasteiger partial charge in [-0.3, -0.25) is 0 Å². The van der Waals surface area contributed by atoms with Crippen LogP contribution in [-0.2, 0) is 6.61 Å². The molecular weight excluding hydrogens is 321 g/mol. The molecule has 0 aromatic heterocycles. The summed E-state index contributed by atoms with van der Waals surface area (Å²) in [6.45, 7) is 0.206. The van der Waals surface area contributed by atoms with E-state index in [1.807, 2.05) is 12.1 Å². The van der Waals surface area contributed by atoms with Crippen molar-refractivity contribution < 1.29 is 9.13 Å². The first-order chi connectivity index (χ1) is 8.58. The van der Waals surface area contributed by atoms with Crippen molar-refractivity contribution in [3.05, 3.63) is 57.3 Å². The van der Waals surface area contributed by atoms with Crippen LogP contribution in [0.2, 0.25) is 5.02 Å². The Morgan fingerprint density at radius 2 is 2.06 bits per heavy atom. The molecular formula is C13H10BrClFNO. The molecule has 0 radical (unpaired) electrons. The molecule has 2 N–H and O–H groups in total. The van der Waals surface area contributed by atoms with E-state index in [0.717, 1.165) is 10.0 Å². The van der Waals surface area contributed by atoms with E-state index in [4.69, 9.17) is 22.1 Å². The highest BCUT2D eigenvalue weighted by Crippen LogP contribution is 2.28. The third kappa shape index (κ3) is 2.94. The van der Waals surface area contributed by atoms with Crippen molar-refractivity contribution >= 4 is 33.2 Å². The van der Waals surface area contributed by atoms with Crippen LogP contribution in [0.1, 0.15) is 5.56 Å². The average Bonchev–Trinajstić information content (AvgIpc) is 2.33. The standard InChI is InChI=1S/C13H10BrClFNO/c14-9-5-4-8(6-12(9)17)7-18-13-10(15)2-1-3-11(13)16/h1-6H,7,17H2. The monoisotopic (exact) mass is 329 g/mol. The number of hydrogen-bond donors (Lipinski definition) is 1. The zero-order valence-electron chi connectivity index (χ0n) is 9.29. The summed E-state index contributed by atoms with van der Waals surface area (Å²) in [5.41, 5.74) is 7.20. The highest BCUT2D eigenvalue weighted by atomic mass is 79.9. The maximum absolute atomic E-state index is 13.5. The van der Waals surface area contributed by atoms with Crippen LogP contribution in [0.5, 0.6) is 5.75 Å². The van der Waals surface area contributed by atoms with Crippen LogP contribution in [0.4, 0.5) is 10.1 Å². The van der Waals surface area contributed by atoms with Gasteiger partial charge in [-0.1, -0.05) is 23.7 Å². The molecule has 0 fully saturated rings. The van der Waals surface area contributed by atoms with E-state index < -0.39 is 5.82 Å². The van der Waals surface area contributed by atoms with Crippen LogP contribution in [0.25, 0.3) is 0 Å². The summed E-state index contributed by atoms with van der Waals surface area (Å²) < 4.78 is 19.6. The van der Waals surface area contributed by atoms with E-state index in [1.165, 1.54) is 12.1 Å². The zero-order chi connectivity index (χ0) is 13.1. The molecule has 18 heavy (non-hydrogen) atoms. The third-order valence-electron chi connectivity index (χ3n) is 2.36. The molecule has 0 aliphatic carbocycles. The lowest BCUT2D eigenvalue weighted by atomic mass is 10.2. The van der Waals surface area contributed by atoms with Crippen molar-refractivity contribution in [3.63, 3.8) is 0 Å². The molecule has 2 aromatic rings. The van der Waals surface area contributed by atoms with Gasteiger partial charge in [0.25, 0.3) is 0 Å². The number of nitrogens with two attached hydrogens (primary N) is 1. The molecule has 2 nitrogen and oxygen atoms in total. The lowest BCUT2D eigenvalue weighted by Gasteiger charge is -2.09. The van der Waals surface area contributed by atoms with Crippen LogP contribution >= 0.6 is 27.5 Å². The first kappa shape index (κ1) is 13.2. The first-order valence-electron chi connectivity index (χ1n) is 5.18. The maximum atomic E-state index is 13.5. The van der Waals surface area contributed by atoms with Crippen molar-refractivity contribution in [2.75, 3.05) is 5.73 Å². The number of rotatable bonds is 3. The predicted octanol–water partition coefficient (Wildman–Crippen LogP) is 4.40. The van der Waals surface area contributed by atoms with E-state index in [9.17, 15) is 4.39 Å². The number of hydrogen-bond acceptors (Lipinski definition) is 2. The SMILES string of the molecule is Nc1cc(COc2c(F)cccc2Cl)ccc1Br. The number of halogens is 3. The summed E-state index contributed by atoms with van der Waals surface area (Å²) in [7, 11) is 0. The van der Waals surface area contributed by atoms with Crippen LogP contribution < -0.4 is 10.5 Å². The van der Waals surface area contributed by atoms with Gasteiger partial charge >= 0.3 is 0 Å². The van der Waals surface area contributed by atoms with Crippen LogP contribution in [-0.4, -0.2) is 0 Å². The van der Waals surface area contributed by atoms with Gasteiger partial charge in [-0.05, 0) is 45.8 Å². The van der Waals surface area contributed by atoms with Gasteiger partial charge < -0.3 is 10.5 Å². The second-order valence-electron chi connectivity index (χ2n) is 3.70. The Bertz CT molecular complexity index is 557. The van der Waals surface area contributed by atoms with E-state index in [-0.39, 0.29) is 17.4 Å². The molecule has 0 saturated carbocycles. The van der Waals surface area contributed by atoms with E-state index in [0.29, 0.717) is 5.69 Å². The van der Waals surface area contributed by atoms with Crippen LogP contribution in [0.15, 0.2) is 40.9 Å². The van der Waals surface area contributed by atoms with E-state index in [1.54, 1.807) is 12.1 Å². The highest BCUT2D eigenvalue weighted by molar-refractivity contribution is 9.10. The summed E-state index contributed by atoms with van der Waals surface area (Å²) in [5.74, 6) is -0.423. The number of ether oxygens (including phenoxy) is 1. The second kappa shape index (κ2) is 5.59. The zero-order valence-corrected chi connectivity index (χ0v) is 11.6. The Morgan fingerprint density at radius 1 is 1.28 bits per heavy atom. The molecule has 0 unspecified atom stereocenters. The van der Waals surface area contributed by atoms with Gasteiger partial charge in [-0.15, -0.1) is 0 Å². The van der Waals surface area contributed by atoms with Crippen molar-refractivity contribution in [1.29, 1.82) is 0 Å². The average molecular weight is 331 g/mol. The molecule has 94 valence electrons. The van der Waals surface area contributed by atoms with Gasteiger partial charge in [0.15, 0.2) is 11.6 Å². The van der Waals surface area contributed by atoms with Crippen molar-refractivity contribution in [2.24, 2.45) is 0 Å². The molecule has 0 aliphatic heterocycles. The molecule has 0 bridgehead atoms. The smallest absolute Gasteiger partial charge is 0.174 e. The Balaban J connectivity index is 2.14. The minimum Gasteiger partial charge on any atom is -0.484 e. The molecule has 0 amide bonds. The third-order valence-corrected chi connectivity index (χ3v) is 3.38. The largest absolute Gasteiger partial charge is 0.484 e. The number of para-hydroxylation sites is 1. The summed E-state index contributed by atoms with van der Waals surface area (Å²) in [6, 6.07) is 9.83. The minimum atomic E-state index is -0.479. The summed E-state index contributed by atoms with van der Waals surface area (Å²) >= 11 is 9.16. The Labute approximate surface area is 118 Å². The number of anilines is 1. The molecule has 2 aromatic carbocycles. The molecule has 0 atom stereocenters. The Morgan fingerprint density at radius 3 is 2.72 bits per heavy atom. The molecule has 0 aliphatic rings. The number of nitrogen functional groups attached to an aromatic ring is 1. The normalized spacial score (nSPS) is 10.4.